The Hall–Kier alpha value is -7.40. The van der Waals surface area contributed by atoms with E-state index >= 15 is 0 Å². The Bertz CT molecular complexity index is 3450. The van der Waals surface area contributed by atoms with Crippen LogP contribution in [0.5, 0.6) is 0 Å². The molecule has 0 atom stereocenters. The lowest BCUT2D eigenvalue weighted by Crippen LogP contribution is -2.75. The van der Waals surface area contributed by atoms with Gasteiger partial charge in [0.25, 0.3) is 0 Å². The van der Waals surface area contributed by atoms with Crippen LogP contribution in [-0.2, 0) is 0 Å². The maximum Gasteiger partial charge on any atom is 0.181 e. The van der Waals surface area contributed by atoms with Crippen LogP contribution >= 0.6 is 0 Å². The van der Waals surface area contributed by atoms with Gasteiger partial charge in [-0.05, 0) is 75.3 Å². The van der Waals surface area contributed by atoms with Crippen molar-refractivity contribution in [2.24, 2.45) is 0 Å². The molecule has 0 amide bonds. The van der Waals surface area contributed by atoms with Crippen molar-refractivity contribution >= 4 is 94.4 Å². The monoisotopic (exact) mass is 756 g/mol. The molecule has 0 fully saturated rings. The molecule has 3 aromatic heterocycles. The quantitative estimate of drug-likeness (QED) is 0.122. The number of hydrogen-bond acceptors (Lipinski definition) is 1. The van der Waals surface area contributed by atoms with Gasteiger partial charge in [0, 0.05) is 38.3 Å². The molecule has 0 radical (unpaired) electrons. The predicted octanol–water partition coefficient (Wildman–Crippen LogP) is 11.2. The molecule has 0 unspecified atom stereocenters. The highest BCUT2D eigenvalue weighted by Gasteiger charge is 2.43. The van der Waals surface area contributed by atoms with E-state index in [1.165, 1.54) is 47.9 Å². The minimum absolute atomic E-state index is 0.913. The van der Waals surface area contributed by atoms with Crippen LogP contribution in [0, 0.1) is 0 Å². The molecule has 272 valence electrons. The summed E-state index contributed by atoms with van der Waals surface area (Å²) in [5, 5.41) is 12.5. The first-order chi connectivity index (χ1) is 28.8. The van der Waals surface area contributed by atoms with Gasteiger partial charge in [-0.2, -0.15) is 0 Å². The summed E-state index contributed by atoms with van der Waals surface area (Å²) in [6, 6.07) is 80.3. The smallest absolute Gasteiger partial charge is 0.181 e. The largest absolute Gasteiger partial charge is 0.455 e. The minimum atomic E-state index is -3.01. The van der Waals surface area contributed by atoms with E-state index in [-0.39, 0.29) is 0 Å². The number of aromatic nitrogens is 2. The third-order valence-corrected chi connectivity index (χ3v) is 17.1. The molecule has 0 saturated carbocycles. The fourth-order valence-electron chi connectivity index (χ4n) is 9.88. The van der Waals surface area contributed by atoms with E-state index in [1.807, 2.05) is 6.07 Å². The van der Waals surface area contributed by atoms with Gasteiger partial charge in [0.15, 0.2) is 8.07 Å². The minimum Gasteiger partial charge on any atom is -0.455 e. The average Bonchev–Trinajstić information content (AvgIpc) is 3.96. The van der Waals surface area contributed by atoms with Gasteiger partial charge in [-0.1, -0.05) is 164 Å². The molecule has 0 saturated heterocycles. The number of para-hydroxylation sites is 5. The van der Waals surface area contributed by atoms with Crippen molar-refractivity contribution in [3.05, 3.63) is 218 Å². The van der Waals surface area contributed by atoms with Gasteiger partial charge in [0.05, 0.1) is 27.5 Å². The Morgan fingerprint density at radius 1 is 0.328 bits per heavy atom. The number of furan rings is 1. The summed E-state index contributed by atoms with van der Waals surface area (Å²) in [7, 11) is -3.01. The van der Waals surface area contributed by atoms with E-state index in [9.17, 15) is 0 Å². The number of fused-ring (bicyclic) bond motifs is 10. The molecule has 0 bridgehead atoms. The molecular formula is C54H36N2OSi. The van der Waals surface area contributed by atoms with Gasteiger partial charge in [0.2, 0.25) is 0 Å². The third-order valence-electron chi connectivity index (χ3n) is 12.3. The highest BCUT2D eigenvalue weighted by Crippen LogP contribution is 2.40. The van der Waals surface area contributed by atoms with Gasteiger partial charge in [-0.15, -0.1) is 0 Å². The third kappa shape index (κ3) is 4.61. The van der Waals surface area contributed by atoms with E-state index in [1.54, 1.807) is 0 Å². The van der Waals surface area contributed by atoms with Crippen LogP contribution in [-0.4, -0.2) is 17.2 Å². The summed E-state index contributed by atoms with van der Waals surface area (Å²) < 4.78 is 11.5. The zero-order chi connectivity index (χ0) is 38.2. The Morgan fingerprint density at radius 2 is 0.862 bits per heavy atom. The fourth-order valence-corrected chi connectivity index (χ4v) is 14.8. The van der Waals surface area contributed by atoms with Crippen molar-refractivity contribution in [3.8, 4) is 11.4 Å². The summed E-state index contributed by atoms with van der Waals surface area (Å²) in [6.45, 7) is 0. The molecule has 3 nitrogen and oxygen atoms in total. The van der Waals surface area contributed by atoms with Crippen molar-refractivity contribution in [2.45, 2.75) is 0 Å². The standard InChI is InChI=1S/C54H36N2OSi/c1-4-17-37(18-5-1)56-47-27-13-10-23-42(47)44-26-16-30-51(53(44)56)58(39-19-6-2-7-20-39,40-21-8-3-9-22-40)41-33-31-38(32-34-41)55-48-28-14-11-25-46(48)52-49(55)36-35-45-43-24-12-15-29-50(43)57-54(45)52/h1-36H. The maximum atomic E-state index is 6.62. The normalized spacial score (nSPS) is 12.1. The molecule has 0 spiro atoms. The van der Waals surface area contributed by atoms with Crippen LogP contribution in [0.3, 0.4) is 0 Å². The molecule has 0 N–H and O–H groups in total. The Labute approximate surface area is 336 Å². The van der Waals surface area contributed by atoms with E-state index in [0.29, 0.717) is 0 Å². The van der Waals surface area contributed by atoms with Crippen LogP contribution in [0.15, 0.2) is 223 Å². The van der Waals surface area contributed by atoms with Gasteiger partial charge >= 0.3 is 0 Å². The SMILES string of the molecule is c1ccc(-n2c3ccccc3c3cccc([Si](c4ccccc4)(c4ccccc4)c4ccc(-n5c6ccccc6c6c7oc8ccccc8c7ccc65)cc4)c32)cc1. The average molecular weight is 757 g/mol. The lowest BCUT2D eigenvalue weighted by molar-refractivity contribution is 0.673. The lowest BCUT2D eigenvalue weighted by atomic mass is 10.1. The molecule has 12 aromatic rings. The van der Waals surface area contributed by atoms with Crippen molar-refractivity contribution in [1.29, 1.82) is 0 Å². The van der Waals surface area contributed by atoms with Crippen molar-refractivity contribution in [1.82, 2.24) is 9.13 Å². The number of benzene rings is 9. The zero-order valence-electron chi connectivity index (χ0n) is 31.6. The zero-order valence-corrected chi connectivity index (χ0v) is 32.6. The second-order valence-corrected chi connectivity index (χ2v) is 19.0. The van der Waals surface area contributed by atoms with Crippen LogP contribution in [0.2, 0.25) is 0 Å². The molecular weight excluding hydrogens is 721 g/mol. The van der Waals surface area contributed by atoms with Crippen molar-refractivity contribution in [3.63, 3.8) is 0 Å². The van der Waals surface area contributed by atoms with E-state index in [0.717, 1.165) is 49.7 Å². The van der Waals surface area contributed by atoms with Crippen LogP contribution in [0.1, 0.15) is 0 Å². The predicted molar refractivity (Wildman–Crippen MR) is 246 cm³/mol. The van der Waals surface area contributed by atoms with Gasteiger partial charge in [0.1, 0.15) is 11.2 Å². The van der Waals surface area contributed by atoms with Gasteiger partial charge < -0.3 is 13.6 Å². The molecule has 9 aromatic carbocycles. The van der Waals surface area contributed by atoms with Gasteiger partial charge in [-0.25, -0.2) is 0 Å². The summed E-state index contributed by atoms with van der Waals surface area (Å²) in [6.07, 6.45) is 0. The van der Waals surface area contributed by atoms with Crippen LogP contribution in [0.4, 0.5) is 0 Å². The van der Waals surface area contributed by atoms with Crippen LogP contribution < -0.4 is 20.7 Å². The summed E-state index contributed by atoms with van der Waals surface area (Å²) in [5.41, 5.74) is 8.88. The number of rotatable bonds is 6. The van der Waals surface area contributed by atoms with Gasteiger partial charge in [-0.3, -0.25) is 0 Å². The second-order valence-electron chi connectivity index (χ2n) is 15.2. The summed E-state index contributed by atoms with van der Waals surface area (Å²) in [5.74, 6) is 0. The molecule has 58 heavy (non-hydrogen) atoms. The first-order valence-corrected chi connectivity index (χ1v) is 21.9. The summed E-state index contributed by atoms with van der Waals surface area (Å²) in [4.78, 5) is 0. The molecule has 4 heteroatoms. The van der Waals surface area contributed by atoms with Crippen molar-refractivity contribution < 1.29 is 4.42 Å². The Balaban J connectivity index is 1.16. The highest BCUT2D eigenvalue weighted by molar-refractivity contribution is 7.20. The maximum absolute atomic E-state index is 6.62. The molecule has 12 rings (SSSR count). The second kappa shape index (κ2) is 12.8. The highest BCUT2D eigenvalue weighted by atomic mass is 28.3. The lowest BCUT2D eigenvalue weighted by Gasteiger charge is -2.35. The molecule has 0 aliphatic heterocycles. The Kier molecular flexibility index (Phi) is 7.25. The first kappa shape index (κ1) is 32.8. The fraction of sp³-hybridized carbons (Fsp3) is 0. The summed E-state index contributed by atoms with van der Waals surface area (Å²) >= 11 is 0. The molecule has 0 aliphatic carbocycles. The molecule has 3 heterocycles. The molecule has 0 aliphatic rings. The number of hydrogen-bond donors (Lipinski definition) is 0. The van der Waals surface area contributed by atoms with Crippen LogP contribution in [0.25, 0.3) is 76.9 Å². The number of nitrogens with zero attached hydrogens (tertiary/aromatic N) is 2. The first-order valence-electron chi connectivity index (χ1n) is 19.9. The Morgan fingerprint density at radius 3 is 1.57 bits per heavy atom. The van der Waals surface area contributed by atoms with E-state index in [4.69, 9.17) is 4.42 Å². The van der Waals surface area contributed by atoms with E-state index < -0.39 is 8.07 Å². The van der Waals surface area contributed by atoms with Crippen molar-refractivity contribution in [2.75, 3.05) is 0 Å². The topological polar surface area (TPSA) is 23.0 Å². The van der Waals surface area contributed by atoms with E-state index in [2.05, 4.69) is 221 Å².